The van der Waals surface area contributed by atoms with Crippen molar-refractivity contribution in [3.8, 4) is 11.5 Å². The number of imide groups is 1. The van der Waals surface area contributed by atoms with E-state index in [-0.39, 0.29) is 33.9 Å². The lowest BCUT2D eigenvalue weighted by molar-refractivity contribution is 0.0598. The Morgan fingerprint density at radius 3 is 2.44 bits per heavy atom. The second kappa shape index (κ2) is 6.58. The van der Waals surface area contributed by atoms with E-state index in [2.05, 4.69) is 0 Å². The van der Waals surface area contributed by atoms with Crippen LogP contribution >= 0.6 is 0 Å². The maximum atomic E-state index is 12.9. The number of rotatable bonds is 5. The first-order chi connectivity index (χ1) is 12.6. The van der Waals surface area contributed by atoms with Crippen LogP contribution in [0.2, 0.25) is 0 Å². The molecule has 142 valence electrons. The molecule has 8 nitrogen and oxygen atoms in total. The molecule has 0 aromatic heterocycles. The molecular formula is C18H18N2O6S. The zero-order valence-electron chi connectivity index (χ0n) is 14.7. The number of ether oxygens (including phenoxy) is 1. The minimum Gasteiger partial charge on any atom is -0.504 e. The van der Waals surface area contributed by atoms with Crippen molar-refractivity contribution in [3.63, 3.8) is 0 Å². The molecule has 0 fully saturated rings. The average Bonchev–Trinajstić information content (AvgIpc) is 2.84. The third-order valence-corrected chi connectivity index (χ3v) is 5.26. The number of phenols is 1. The smallest absolute Gasteiger partial charge is 0.264 e. The van der Waals surface area contributed by atoms with Gasteiger partial charge in [0.1, 0.15) is 9.84 Å². The monoisotopic (exact) mass is 390 g/mol. The molecular weight excluding hydrogens is 372 g/mol. The van der Waals surface area contributed by atoms with Gasteiger partial charge in [0.15, 0.2) is 11.5 Å². The number of carbonyl (C=O) groups excluding carboxylic acids is 2. The molecule has 2 aromatic rings. The summed E-state index contributed by atoms with van der Waals surface area (Å²) in [5, 5.41) is 10.0. The van der Waals surface area contributed by atoms with Crippen LogP contribution in [0.15, 0.2) is 36.4 Å². The van der Waals surface area contributed by atoms with Crippen molar-refractivity contribution in [1.29, 1.82) is 0 Å². The molecule has 1 atom stereocenters. The number of nitrogen functional groups attached to an aromatic ring is 1. The number of nitrogens with zero attached hydrogens (tertiary/aromatic N) is 1. The summed E-state index contributed by atoms with van der Waals surface area (Å²) in [6.45, 7) is 0. The first kappa shape index (κ1) is 18.7. The van der Waals surface area contributed by atoms with Crippen molar-refractivity contribution < 1.29 is 27.9 Å². The molecule has 1 unspecified atom stereocenters. The third-order valence-electron chi connectivity index (χ3n) is 4.34. The van der Waals surface area contributed by atoms with Gasteiger partial charge in [-0.2, -0.15) is 0 Å². The summed E-state index contributed by atoms with van der Waals surface area (Å²) in [4.78, 5) is 26.6. The fourth-order valence-corrected chi connectivity index (χ4v) is 4.05. The zero-order valence-corrected chi connectivity index (χ0v) is 15.5. The molecule has 1 aliphatic rings. The summed E-state index contributed by atoms with van der Waals surface area (Å²) in [7, 11) is -2.20. The van der Waals surface area contributed by atoms with Crippen LogP contribution in [0.3, 0.4) is 0 Å². The predicted octanol–water partition coefficient (Wildman–Crippen LogP) is 1.36. The number of amides is 2. The first-order valence-corrected chi connectivity index (χ1v) is 10.0. The second-order valence-corrected chi connectivity index (χ2v) is 8.47. The van der Waals surface area contributed by atoms with Crippen LogP contribution in [0, 0.1) is 0 Å². The van der Waals surface area contributed by atoms with Gasteiger partial charge in [0.05, 0.1) is 30.0 Å². The summed E-state index contributed by atoms with van der Waals surface area (Å²) < 4.78 is 28.9. The van der Waals surface area contributed by atoms with E-state index in [4.69, 9.17) is 10.5 Å². The number of anilines is 1. The number of hydrogen-bond donors (Lipinski definition) is 2. The summed E-state index contributed by atoms with van der Waals surface area (Å²) in [6.07, 6.45) is 1.01. The topological polar surface area (TPSA) is 127 Å². The molecule has 9 heteroatoms. The van der Waals surface area contributed by atoms with E-state index in [0.717, 1.165) is 11.2 Å². The Kier molecular flexibility index (Phi) is 4.56. The van der Waals surface area contributed by atoms with Crippen LogP contribution in [-0.4, -0.2) is 49.4 Å². The van der Waals surface area contributed by atoms with Gasteiger partial charge in [-0.3, -0.25) is 14.5 Å². The average molecular weight is 390 g/mol. The van der Waals surface area contributed by atoms with Gasteiger partial charge >= 0.3 is 0 Å². The Hall–Kier alpha value is -3.07. The van der Waals surface area contributed by atoms with Crippen LogP contribution in [0.25, 0.3) is 0 Å². The number of aromatic hydroxyl groups is 1. The highest BCUT2D eigenvalue weighted by atomic mass is 32.2. The van der Waals surface area contributed by atoms with E-state index in [1.165, 1.54) is 37.4 Å². The lowest BCUT2D eigenvalue weighted by Gasteiger charge is -2.26. The van der Waals surface area contributed by atoms with E-state index in [1.54, 1.807) is 6.07 Å². The molecule has 0 spiro atoms. The van der Waals surface area contributed by atoms with Crippen LogP contribution in [-0.2, 0) is 9.84 Å². The predicted molar refractivity (Wildman–Crippen MR) is 98.5 cm³/mol. The van der Waals surface area contributed by atoms with Crippen molar-refractivity contribution in [2.75, 3.05) is 24.9 Å². The number of phenolic OH excluding ortho intramolecular Hbond substituents is 1. The Morgan fingerprint density at radius 1 is 1.19 bits per heavy atom. The van der Waals surface area contributed by atoms with E-state index in [0.29, 0.717) is 0 Å². The lowest BCUT2D eigenvalue weighted by Crippen LogP contribution is -2.37. The van der Waals surface area contributed by atoms with Crippen molar-refractivity contribution in [3.05, 3.63) is 53.1 Å². The van der Waals surface area contributed by atoms with Gasteiger partial charge in [0.25, 0.3) is 11.8 Å². The Labute approximate surface area is 156 Å². The first-order valence-electron chi connectivity index (χ1n) is 7.95. The molecule has 1 heterocycles. The van der Waals surface area contributed by atoms with Gasteiger partial charge in [0.2, 0.25) is 0 Å². The summed E-state index contributed by atoms with van der Waals surface area (Å²) in [5.41, 5.74) is 6.44. The van der Waals surface area contributed by atoms with E-state index < -0.39 is 33.4 Å². The maximum Gasteiger partial charge on any atom is 0.264 e. The minimum atomic E-state index is -3.57. The highest BCUT2D eigenvalue weighted by Crippen LogP contribution is 2.37. The minimum absolute atomic E-state index is 0.0544. The molecule has 0 aliphatic carbocycles. The number of carbonyl (C=O) groups is 2. The summed E-state index contributed by atoms with van der Waals surface area (Å²) in [5.74, 6) is -1.85. The van der Waals surface area contributed by atoms with Crippen molar-refractivity contribution in [1.82, 2.24) is 4.90 Å². The molecule has 0 radical (unpaired) electrons. The summed E-state index contributed by atoms with van der Waals surface area (Å²) in [6, 6.07) is 7.61. The SMILES string of the molecule is COc1ccc(C(CS(C)(=O)=O)N2C(=O)c3cccc(N)c3C2=O)cc1O. The highest BCUT2D eigenvalue weighted by molar-refractivity contribution is 7.90. The molecule has 27 heavy (non-hydrogen) atoms. The summed E-state index contributed by atoms with van der Waals surface area (Å²) >= 11 is 0. The normalized spacial score (nSPS) is 15.0. The zero-order chi connectivity index (χ0) is 19.9. The van der Waals surface area contributed by atoms with Gasteiger partial charge in [-0.25, -0.2) is 8.42 Å². The lowest BCUT2D eigenvalue weighted by atomic mass is 10.1. The van der Waals surface area contributed by atoms with Crippen molar-refractivity contribution in [2.45, 2.75) is 6.04 Å². The molecule has 2 amide bonds. The Morgan fingerprint density at radius 2 is 1.89 bits per heavy atom. The van der Waals surface area contributed by atoms with Gasteiger partial charge in [-0.1, -0.05) is 12.1 Å². The number of fused-ring (bicyclic) bond motifs is 1. The molecule has 3 N–H and O–H groups in total. The molecule has 0 saturated carbocycles. The standard InChI is InChI=1S/C18H18N2O6S/c1-26-15-7-6-10(8-14(15)21)13(9-27(2,24)25)20-17(22)11-4-3-5-12(19)16(11)18(20)23/h3-8,13,21H,9,19H2,1-2H3. The number of sulfone groups is 1. The third kappa shape index (κ3) is 3.33. The largest absolute Gasteiger partial charge is 0.504 e. The maximum absolute atomic E-state index is 12.9. The molecule has 0 bridgehead atoms. The molecule has 2 aromatic carbocycles. The van der Waals surface area contributed by atoms with E-state index in [1.807, 2.05) is 0 Å². The molecule has 1 aliphatic heterocycles. The van der Waals surface area contributed by atoms with Crippen LogP contribution in [0.5, 0.6) is 11.5 Å². The highest BCUT2D eigenvalue weighted by Gasteiger charge is 2.42. The fraction of sp³-hybridized carbons (Fsp3) is 0.222. The Bertz CT molecular complexity index is 1050. The second-order valence-electron chi connectivity index (χ2n) is 6.29. The van der Waals surface area contributed by atoms with Gasteiger partial charge in [-0.15, -0.1) is 0 Å². The van der Waals surface area contributed by atoms with Crippen molar-refractivity contribution in [2.24, 2.45) is 0 Å². The van der Waals surface area contributed by atoms with Crippen LogP contribution in [0.1, 0.15) is 32.3 Å². The number of benzene rings is 2. The fourth-order valence-electron chi connectivity index (χ4n) is 3.13. The van der Waals surface area contributed by atoms with Crippen LogP contribution < -0.4 is 10.5 Å². The number of nitrogens with two attached hydrogens (primary N) is 1. The Balaban J connectivity index is 2.13. The quantitative estimate of drug-likeness (QED) is 0.583. The van der Waals surface area contributed by atoms with Crippen LogP contribution in [0.4, 0.5) is 5.69 Å². The van der Waals surface area contributed by atoms with Gasteiger partial charge in [0, 0.05) is 11.9 Å². The van der Waals surface area contributed by atoms with Gasteiger partial charge in [-0.05, 0) is 29.8 Å². The number of methoxy groups -OCH3 is 1. The van der Waals surface area contributed by atoms with Crippen molar-refractivity contribution >= 4 is 27.3 Å². The van der Waals surface area contributed by atoms with E-state index >= 15 is 0 Å². The number of hydrogen-bond acceptors (Lipinski definition) is 7. The van der Waals surface area contributed by atoms with E-state index in [9.17, 15) is 23.1 Å². The molecule has 0 saturated heterocycles. The molecule has 3 rings (SSSR count). The van der Waals surface area contributed by atoms with Gasteiger partial charge < -0.3 is 15.6 Å².